The molecular formula is C13H28N4O2S. The van der Waals surface area contributed by atoms with Crippen molar-refractivity contribution in [1.82, 2.24) is 14.9 Å². The van der Waals surface area contributed by atoms with Crippen molar-refractivity contribution in [3.8, 4) is 0 Å². The summed E-state index contributed by atoms with van der Waals surface area (Å²) < 4.78 is 24.4. The Kier molecular flexibility index (Phi) is 5.82. The molecule has 1 saturated heterocycles. The van der Waals surface area contributed by atoms with Crippen molar-refractivity contribution in [2.75, 3.05) is 32.9 Å². The van der Waals surface area contributed by atoms with Crippen LogP contribution in [0.4, 0.5) is 0 Å². The molecule has 0 aromatic carbocycles. The predicted octanol–water partition coefficient (Wildman–Crippen LogP) is 0.622. The van der Waals surface area contributed by atoms with Gasteiger partial charge in [0.25, 0.3) is 0 Å². The third-order valence-corrected chi connectivity index (χ3v) is 4.62. The molecule has 6 nitrogen and oxygen atoms in total. The van der Waals surface area contributed by atoms with Crippen molar-refractivity contribution in [3.63, 3.8) is 0 Å². The van der Waals surface area contributed by atoms with Crippen LogP contribution in [0.15, 0.2) is 4.99 Å². The molecule has 118 valence electrons. The molecule has 0 spiro atoms. The molecule has 7 heteroatoms. The molecule has 0 amide bonds. The molecule has 1 heterocycles. The number of piperidine rings is 1. The summed E-state index contributed by atoms with van der Waals surface area (Å²) in [5, 5.41) is 6.63. The third-order valence-electron chi connectivity index (χ3n) is 3.32. The number of aliphatic imine (C=N–C) groups is 1. The molecule has 20 heavy (non-hydrogen) atoms. The maximum atomic E-state index is 11.4. The summed E-state index contributed by atoms with van der Waals surface area (Å²) in [5.41, 5.74) is -0.0263. The van der Waals surface area contributed by atoms with E-state index < -0.39 is 10.0 Å². The van der Waals surface area contributed by atoms with Crippen LogP contribution in [0.3, 0.4) is 0 Å². The largest absolute Gasteiger partial charge is 0.356 e. The van der Waals surface area contributed by atoms with Crippen LogP contribution >= 0.6 is 0 Å². The normalized spacial score (nSPS) is 19.9. The summed E-state index contributed by atoms with van der Waals surface area (Å²) in [6, 6.07) is 0. The molecule has 0 aromatic heterocycles. The van der Waals surface area contributed by atoms with Gasteiger partial charge in [-0.1, -0.05) is 0 Å². The average molecular weight is 304 g/mol. The van der Waals surface area contributed by atoms with Crippen LogP contribution in [-0.4, -0.2) is 57.2 Å². The zero-order valence-corrected chi connectivity index (χ0v) is 14.0. The summed E-state index contributed by atoms with van der Waals surface area (Å²) >= 11 is 0. The van der Waals surface area contributed by atoms with Crippen molar-refractivity contribution in [2.24, 2.45) is 10.9 Å². The fourth-order valence-electron chi connectivity index (χ4n) is 2.22. The first-order valence-electron chi connectivity index (χ1n) is 7.06. The quantitative estimate of drug-likeness (QED) is 0.592. The van der Waals surface area contributed by atoms with E-state index in [0.717, 1.165) is 25.3 Å². The van der Waals surface area contributed by atoms with E-state index >= 15 is 0 Å². The van der Waals surface area contributed by atoms with Gasteiger partial charge in [-0.15, -0.1) is 0 Å². The number of hydrogen-bond acceptors (Lipinski definition) is 3. The van der Waals surface area contributed by atoms with Gasteiger partial charge in [-0.2, -0.15) is 0 Å². The van der Waals surface area contributed by atoms with Gasteiger partial charge in [0, 0.05) is 32.2 Å². The maximum absolute atomic E-state index is 11.4. The second kappa shape index (κ2) is 6.76. The van der Waals surface area contributed by atoms with E-state index in [-0.39, 0.29) is 5.54 Å². The number of nitrogens with one attached hydrogen (secondary N) is 2. The number of rotatable bonds is 3. The Bertz CT molecular complexity index is 432. The molecule has 0 bridgehead atoms. The van der Waals surface area contributed by atoms with Crippen molar-refractivity contribution in [1.29, 1.82) is 0 Å². The van der Waals surface area contributed by atoms with Crippen molar-refractivity contribution >= 4 is 16.0 Å². The van der Waals surface area contributed by atoms with Crippen LogP contribution in [0.25, 0.3) is 0 Å². The first-order valence-corrected chi connectivity index (χ1v) is 8.90. The first kappa shape index (κ1) is 17.2. The fourth-order valence-corrected chi connectivity index (χ4v) is 3.09. The van der Waals surface area contributed by atoms with E-state index in [4.69, 9.17) is 0 Å². The standard InChI is InChI=1S/C13H28N4O2S/c1-13(2,3)16-12(14-4)15-10-11-6-8-17(9-7-11)20(5,18)19/h11H,6-10H2,1-5H3,(H2,14,15,16). The van der Waals surface area contributed by atoms with E-state index in [2.05, 4.69) is 36.4 Å². The fraction of sp³-hybridized carbons (Fsp3) is 0.923. The molecule has 0 aromatic rings. The minimum Gasteiger partial charge on any atom is -0.356 e. The Morgan fingerprint density at radius 2 is 1.85 bits per heavy atom. The Morgan fingerprint density at radius 1 is 1.30 bits per heavy atom. The van der Waals surface area contributed by atoms with Crippen LogP contribution in [0.1, 0.15) is 33.6 Å². The van der Waals surface area contributed by atoms with E-state index in [1.807, 2.05) is 0 Å². The van der Waals surface area contributed by atoms with Gasteiger partial charge in [-0.3, -0.25) is 4.99 Å². The van der Waals surface area contributed by atoms with Gasteiger partial charge in [0.05, 0.1) is 6.26 Å². The van der Waals surface area contributed by atoms with Crippen molar-refractivity contribution < 1.29 is 8.42 Å². The lowest BCUT2D eigenvalue weighted by molar-refractivity contribution is 0.274. The summed E-state index contributed by atoms with van der Waals surface area (Å²) in [4.78, 5) is 4.20. The molecule has 1 aliphatic rings. The van der Waals surface area contributed by atoms with Gasteiger partial charge < -0.3 is 10.6 Å². The average Bonchev–Trinajstić information content (AvgIpc) is 2.32. The second-order valence-electron chi connectivity index (χ2n) is 6.43. The smallest absolute Gasteiger partial charge is 0.211 e. The molecule has 1 rings (SSSR count). The molecule has 0 radical (unpaired) electrons. The molecule has 2 N–H and O–H groups in total. The lowest BCUT2D eigenvalue weighted by Gasteiger charge is -2.31. The van der Waals surface area contributed by atoms with Crippen molar-refractivity contribution in [2.45, 2.75) is 39.2 Å². The highest BCUT2D eigenvalue weighted by Gasteiger charge is 2.25. The van der Waals surface area contributed by atoms with Gasteiger partial charge in [-0.25, -0.2) is 12.7 Å². The third kappa shape index (κ3) is 6.09. The van der Waals surface area contributed by atoms with Gasteiger partial charge in [0.1, 0.15) is 0 Å². The Labute approximate surface area is 123 Å². The second-order valence-corrected chi connectivity index (χ2v) is 8.42. The molecule has 1 aliphatic heterocycles. The highest BCUT2D eigenvalue weighted by Crippen LogP contribution is 2.18. The van der Waals surface area contributed by atoms with Crippen LogP contribution in [0.5, 0.6) is 0 Å². The van der Waals surface area contributed by atoms with E-state index in [1.165, 1.54) is 6.26 Å². The number of nitrogens with zero attached hydrogens (tertiary/aromatic N) is 2. The van der Waals surface area contributed by atoms with Crippen molar-refractivity contribution in [3.05, 3.63) is 0 Å². The van der Waals surface area contributed by atoms with Crippen LogP contribution in [0, 0.1) is 5.92 Å². The van der Waals surface area contributed by atoms with E-state index in [9.17, 15) is 8.42 Å². The monoisotopic (exact) mass is 304 g/mol. The molecule has 0 atom stereocenters. The topological polar surface area (TPSA) is 73.8 Å². The summed E-state index contributed by atoms with van der Waals surface area (Å²) in [6.45, 7) is 8.33. The zero-order chi connectivity index (χ0) is 15.4. The minimum atomic E-state index is -3.03. The molecule has 1 fully saturated rings. The molecular weight excluding hydrogens is 276 g/mol. The summed E-state index contributed by atoms with van der Waals surface area (Å²) in [7, 11) is -1.28. The SMILES string of the molecule is CN=C(NCC1CCN(S(C)(=O)=O)CC1)NC(C)(C)C. The minimum absolute atomic E-state index is 0.0263. The highest BCUT2D eigenvalue weighted by molar-refractivity contribution is 7.88. The zero-order valence-electron chi connectivity index (χ0n) is 13.2. The van der Waals surface area contributed by atoms with E-state index in [0.29, 0.717) is 19.0 Å². The summed E-state index contributed by atoms with van der Waals surface area (Å²) in [5.74, 6) is 1.29. The Balaban J connectivity index is 2.38. The Morgan fingerprint density at radius 3 is 2.25 bits per heavy atom. The molecule has 0 unspecified atom stereocenters. The van der Waals surface area contributed by atoms with Gasteiger partial charge in [0.15, 0.2) is 5.96 Å². The van der Waals surface area contributed by atoms with Crippen LogP contribution in [-0.2, 0) is 10.0 Å². The number of guanidine groups is 1. The van der Waals surface area contributed by atoms with Gasteiger partial charge in [-0.05, 0) is 39.5 Å². The maximum Gasteiger partial charge on any atom is 0.211 e. The first-order chi connectivity index (χ1) is 9.12. The van der Waals surface area contributed by atoms with Gasteiger partial charge in [0.2, 0.25) is 10.0 Å². The van der Waals surface area contributed by atoms with E-state index in [1.54, 1.807) is 11.4 Å². The van der Waals surface area contributed by atoms with Crippen LogP contribution in [0.2, 0.25) is 0 Å². The van der Waals surface area contributed by atoms with Crippen LogP contribution < -0.4 is 10.6 Å². The highest BCUT2D eigenvalue weighted by atomic mass is 32.2. The number of sulfonamides is 1. The lowest BCUT2D eigenvalue weighted by Crippen LogP contribution is -2.49. The van der Waals surface area contributed by atoms with Gasteiger partial charge >= 0.3 is 0 Å². The Hall–Kier alpha value is -0.820. The lowest BCUT2D eigenvalue weighted by atomic mass is 9.98. The number of hydrogen-bond donors (Lipinski definition) is 2. The predicted molar refractivity (Wildman–Crippen MR) is 83.4 cm³/mol. The summed E-state index contributed by atoms with van der Waals surface area (Å²) in [6.07, 6.45) is 3.07. The molecule has 0 aliphatic carbocycles. The molecule has 0 saturated carbocycles.